The van der Waals surface area contributed by atoms with Crippen molar-refractivity contribution in [3.8, 4) is 0 Å². The molecule has 0 unspecified atom stereocenters. The average molecular weight is 428 g/mol. The van der Waals surface area contributed by atoms with Gasteiger partial charge in [-0.25, -0.2) is 4.39 Å². The number of halogens is 1. The van der Waals surface area contributed by atoms with Crippen LogP contribution in [0.25, 0.3) is 0 Å². The maximum Gasteiger partial charge on any atom is 0.254 e. The number of hydrogen-bond donors (Lipinski definition) is 2. The van der Waals surface area contributed by atoms with Crippen LogP contribution in [0.4, 0.5) is 10.1 Å². The van der Waals surface area contributed by atoms with Crippen LogP contribution in [0.5, 0.6) is 0 Å². The molecule has 1 heterocycles. The van der Waals surface area contributed by atoms with E-state index in [1.807, 2.05) is 30.3 Å². The molecule has 2 N–H and O–H groups in total. The van der Waals surface area contributed by atoms with Crippen molar-refractivity contribution in [1.82, 2.24) is 20.1 Å². The molecule has 3 aromatic rings. The molecule has 2 amide bonds. The SMILES string of the molecule is C[C@@H](NC(=O)c1ccccc1F)c1nnc(SCCC(=O)Nc2ccccc2)n1C. The van der Waals surface area contributed by atoms with Gasteiger partial charge >= 0.3 is 0 Å². The second-order valence-electron chi connectivity index (χ2n) is 6.59. The molecule has 0 spiro atoms. The highest BCUT2D eigenvalue weighted by Gasteiger charge is 2.20. The third-order valence-electron chi connectivity index (χ3n) is 4.34. The van der Waals surface area contributed by atoms with E-state index >= 15 is 0 Å². The van der Waals surface area contributed by atoms with E-state index in [4.69, 9.17) is 0 Å². The first-order chi connectivity index (χ1) is 14.5. The maximum atomic E-state index is 13.8. The van der Waals surface area contributed by atoms with Crippen molar-refractivity contribution in [2.45, 2.75) is 24.5 Å². The fraction of sp³-hybridized carbons (Fsp3) is 0.238. The van der Waals surface area contributed by atoms with Gasteiger partial charge in [-0.15, -0.1) is 10.2 Å². The zero-order chi connectivity index (χ0) is 21.5. The summed E-state index contributed by atoms with van der Waals surface area (Å²) in [5.74, 6) is -0.112. The Kier molecular flexibility index (Phi) is 7.18. The number of para-hydroxylation sites is 1. The lowest BCUT2D eigenvalue weighted by Crippen LogP contribution is -2.29. The standard InChI is InChI=1S/C21H22FN5O2S/c1-14(23-20(29)16-10-6-7-11-17(16)22)19-25-26-21(27(19)2)30-13-12-18(28)24-15-8-4-3-5-9-15/h3-11,14H,12-13H2,1-2H3,(H,23,29)(H,24,28)/t14-/m1/s1. The molecule has 0 bridgehead atoms. The lowest BCUT2D eigenvalue weighted by Gasteiger charge is -2.14. The van der Waals surface area contributed by atoms with Crippen molar-refractivity contribution >= 4 is 29.3 Å². The summed E-state index contributed by atoms with van der Waals surface area (Å²) in [5.41, 5.74) is 0.735. The van der Waals surface area contributed by atoms with Crippen LogP contribution < -0.4 is 10.6 Å². The number of aromatic nitrogens is 3. The van der Waals surface area contributed by atoms with Crippen molar-refractivity contribution in [3.63, 3.8) is 0 Å². The molecule has 156 valence electrons. The van der Waals surface area contributed by atoms with Gasteiger partial charge in [-0.05, 0) is 31.2 Å². The number of amides is 2. The molecule has 1 aromatic heterocycles. The summed E-state index contributed by atoms with van der Waals surface area (Å²) in [7, 11) is 1.79. The van der Waals surface area contributed by atoms with Gasteiger partial charge in [0.1, 0.15) is 5.82 Å². The van der Waals surface area contributed by atoms with Crippen molar-refractivity contribution in [2.24, 2.45) is 7.05 Å². The molecular weight excluding hydrogens is 405 g/mol. The van der Waals surface area contributed by atoms with Crippen molar-refractivity contribution in [2.75, 3.05) is 11.1 Å². The third kappa shape index (κ3) is 5.44. The Hall–Kier alpha value is -3.20. The monoisotopic (exact) mass is 427 g/mol. The first kappa shape index (κ1) is 21.5. The van der Waals surface area contributed by atoms with Gasteiger partial charge in [-0.2, -0.15) is 0 Å². The first-order valence-corrected chi connectivity index (χ1v) is 10.4. The Balaban J connectivity index is 1.53. The lowest BCUT2D eigenvalue weighted by atomic mass is 10.2. The van der Waals surface area contributed by atoms with Crippen molar-refractivity contribution < 1.29 is 14.0 Å². The second-order valence-corrected chi connectivity index (χ2v) is 7.65. The summed E-state index contributed by atoms with van der Waals surface area (Å²) in [4.78, 5) is 24.3. The van der Waals surface area contributed by atoms with Crippen molar-refractivity contribution in [1.29, 1.82) is 0 Å². The molecule has 2 aromatic carbocycles. The Morgan fingerprint density at radius 3 is 2.53 bits per heavy atom. The summed E-state index contributed by atoms with van der Waals surface area (Å²) in [6.07, 6.45) is 0.321. The van der Waals surface area contributed by atoms with Crippen LogP contribution in [0, 0.1) is 5.82 Å². The van der Waals surface area contributed by atoms with E-state index < -0.39 is 17.8 Å². The minimum absolute atomic E-state index is 0.0226. The topological polar surface area (TPSA) is 88.9 Å². The molecule has 30 heavy (non-hydrogen) atoms. The number of nitrogens with one attached hydrogen (secondary N) is 2. The van der Waals surface area contributed by atoms with Gasteiger partial charge in [-0.3, -0.25) is 9.59 Å². The molecule has 9 heteroatoms. The van der Waals surface area contributed by atoms with E-state index in [1.165, 1.54) is 30.0 Å². The molecule has 0 saturated carbocycles. The maximum absolute atomic E-state index is 13.8. The van der Waals surface area contributed by atoms with E-state index in [0.717, 1.165) is 5.69 Å². The predicted molar refractivity (Wildman–Crippen MR) is 114 cm³/mol. The highest BCUT2D eigenvalue weighted by atomic mass is 32.2. The number of benzene rings is 2. The summed E-state index contributed by atoms with van der Waals surface area (Å²) in [5, 5.41) is 14.5. The summed E-state index contributed by atoms with van der Waals surface area (Å²) >= 11 is 1.40. The minimum Gasteiger partial charge on any atom is -0.342 e. The molecule has 7 nitrogen and oxygen atoms in total. The van der Waals surface area contributed by atoms with Gasteiger partial charge in [0.15, 0.2) is 11.0 Å². The highest BCUT2D eigenvalue weighted by molar-refractivity contribution is 7.99. The fourth-order valence-electron chi connectivity index (χ4n) is 2.79. The third-order valence-corrected chi connectivity index (χ3v) is 5.36. The van der Waals surface area contributed by atoms with Crippen LogP contribution in [0.3, 0.4) is 0 Å². The van der Waals surface area contributed by atoms with Crippen LogP contribution in [0.1, 0.15) is 35.6 Å². The van der Waals surface area contributed by atoms with Crippen LogP contribution >= 0.6 is 11.8 Å². The number of hydrogen-bond acceptors (Lipinski definition) is 5. The van der Waals surface area contributed by atoms with Gasteiger partial charge < -0.3 is 15.2 Å². The van der Waals surface area contributed by atoms with Crippen molar-refractivity contribution in [3.05, 3.63) is 71.8 Å². The van der Waals surface area contributed by atoms with Gasteiger partial charge in [0.25, 0.3) is 5.91 Å². The van der Waals surface area contributed by atoms with Crippen LogP contribution in [0.2, 0.25) is 0 Å². The Morgan fingerprint density at radius 2 is 1.80 bits per heavy atom. The largest absolute Gasteiger partial charge is 0.342 e. The molecule has 0 radical (unpaired) electrons. The average Bonchev–Trinajstić information content (AvgIpc) is 3.09. The summed E-state index contributed by atoms with van der Waals surface area (Å²) < 4.78 is 15.5. The molecule has 3 rings (SSSR count). The minimum atomic E-state index is -0.579. The van der Waals surface area contributed by atoms with E-state index in [2.05, 4.69) is 20.8 Å². The first-order valence-electron chi connectivity index (χ1n) is 9.38. The summed E-state index contributed by atoms with van der Waals surface area (Å²) in [6.45, 7) is 1.75. The number of rotatable bonds is 8. The van der Waals surface area contributed by atoms with E-state index in [0.29, 0.717) is 23.2 Å². The highest BCUT2D eigenvalue weighted by Crippen LogP contribution is 2.20. The number of carbonyl (C=O) groups excluding carboxylic acids is 2. The number of thioether (sulfide) groups is 1. The van der Waals surface area contributed by atoms with Crippen LogP contribution in [-0.2, 0) is 11.8 Å². The van der Waals surface area contributed by atoms with Gasteiger partial charge in [0.2, 0.25) is 5.91 Å². The zero-order valence-electron chi connectivity index (χ0n) is 16.6. The normalized spacial score (nSPS) is 11.7. The molecule has 0 aliphatic heterocycles. The molecule has 1 atom stereocenters. The Bertz CT molecular complexity index is 1030. The number of anilines is 1. The lowest BCUT2D eigenvalue weighted by molar-refractivity contribution is -0.115. The molecular formula is C21H22FN5O2S. The summed E-state index contributed by atoms with van der Waals surface area (Å²) in [6, 6.07) is 14.6. The van der Waals surface area contributed by atoms with Crippen LogP contribution in [0.15, 0.2) is 59.8 Å². The van der Waals surface area contributed by atoms with Crippen LogP contribution in [-0.4, -0.2) is 32.3 Å². The van der Waals surface area contributed by atoms with E-state index in [1.54, 1.807) is 24.6 Å². The molecule has 0 saturated heterocycles. The predicted octanol–water partition coefficient (Wildman–Crippen LogP) is 3.57. The van der Waals surface area contributed by atoms with Gasteiger partial charge in [-0.1, -0.05) is 42.1 Å². The quantitative estimate of drug-likeness (QED) is 0.537. The van der Waals surface area contributed by atoms with E-state index in [-0.39, 0.29) is 11.5 Å². The number of carbonyl (C=O) groups is 2. The number of nitrogens with zero attached hydrogens (tertiary/aromatic N) is 3. The van der Waals surface area contributed by atoms with E-state index in [9.17, 15) is 14.0 Å². The smallest absolute Gasteiger partial charge is 0.254 e. The fourth-order valence-corrected chi connectivity index (χ4v) is 3.65. The van der Waals surface area contributed by atoms with Gasteiger partial charge in [0, 0.05) is 24.9 Å². The van der Waals surface area contributed by atoms with Gasteiger partial charge in [0.05, 0.1) is 11.6 Å². The second kappa shape index (κ2) is 10.0. The Morgan fingerprint density at radius 1 is 1.10 bits per heavy atom. The zero-order valence-corrected chi connectivity index (χ0v) is 17.4. The molecule has 0 aliphatic carbocycles. The molecule has 0 fully saturated rings. The molecule has 0 aliphatic rings. The Labute approximate surface area is 178 Å².